The molecule has 28 heavy (non-hydrogen) atoms. The molecule has 0 spiro atoms. The van der Waals surface area contributed by atoms with Gasteiger partial charge in [0.1, 0.15) is 5.75 Å². The summed E-state index contributed by atoms with van der Waals surface area (Å²) in [5.41, 5.74) is 0.375. The predicted molar refractivity (Wildman–Crippen MR) is 106 cm³/mol. The van der Waals surface area contributed by atoms with Crippen molar-refractivity contribution >= 4 is 43.1 Å². The van der Waals surface area contributed by atoms with Crippen LogP contribution in [-0.2, 0) is 0 Å². The summed E-state index contributed by atoms with van der Waals surface area (Å²) < 4.78 is 49.6. The molecule has 0 radical (unpaired) electrons. The van der Waals surface area contributed by atoms with E-state index in [2.05, 4.69) is 15.9 Å². The molecule has 2 nitrogen and oxygen atoms in total. The van der Waals surface area contributed by atoms with Gasteiger partial charge in [-0.1, -0.05) is 42.5 Å². The SMILES string of the molecule is O=C(c1ccccc1)c1cc2c(F)c(F)c(Oc3ccccc3Br)c(F)c2s1. The van der Waals surface area contributed by atoms with Gasteiger partial charge in [-0.05, 0) is 34.1 Å². The van der Waals surface area contributed by atoms with Crippen molar-refractivity contribution in [2.75, 3.05) is 0 Å². The maximum Gasteiger partial charge on any atom is 0.205 e. The van der Waals surface area contributed by atoms with E-state index >= 15 is 0 Å². The third kappa shape index (κ3) is 3.21. The highest BCUT2D eigenvalue weighted by Crippen LogP contribution is 2.41. The third-order valence-corrected chi connectivity index (χ3v) is 5.85. The number of carbonyl (C=O) groups excluding carboxylic acids is 1. The Bertz CT molecular complexity index is 1210. The average molecular weight is 463 g/mol. The van der Waals surface area contributed by atoms with Crippen molar-refractivity contribution in [3.63, 3.8) is 0 Å². The topological polar surface area (TPSA) is 26.3 Å². The minimum absolute atomic E-state index is 0.108. The first-order chi connectivity index (χ1) is 13.5. The van der Waals surface area contributed by atoms with Crippen LogP contribution < -0.4 is 4.74 Å². The number of benzene rings is 3. The largest absolute Gasteiger partial charge is 0.450 e. The smallest absolute Gasteiger partial charge is 0.205 e. The second-order valence-corrected chi connectivity index (χ2v) is 7.76. The molecule has 0 atom stereocenters. The van der Waals surface area contributed by atoms with E-state index in [9.17, 15) is 18.0 Å². The lowest BCUT2D eigenvalue weighted by Crippen LogP contribution is -1.97. The van der Waals surface area contributed by atoms with Crippen molar-refractivity contribution in [1.29, 1.82) is 0 Å². The second kappa shape index (κ2) is 7.41. The van der Waals surface area contributed by atoms with Crippen LogP contribution in [0, 0.1) is 17.5 Å². The molecule has 0 bridgehead atoms. The van der Waals surface area contributed by atoms with Gasteiger partial charge in [-0.15, -0.1) is 11.3 Å². The lowest BCUT2D eigenvalue weighted by molar-refractivity contribution is 0.104. The molecule has 140 valence electrons. The molecule has 0 aliphatic carbocycles. The fourth-order valence-corrected chi connectivity index (χ4v) is 4.12. The number of ketones is 1. The van der Waals surface area contributed by atoms with Crippen LogP contribution in [0.4, 0.5) is 13.2 Å². The second-order valence-electron chi connectivity index (χ2n) is 5.85. The summed E-state index contributed by atoms with van der Waals surface area (Å²) >= 11 is 3.97. The van der Waals surface area contributed by atoms with E-state index < -0.39 is 29.0 Å². The summed E-state index contributed by atoms with van der Waals surface area (Å²) in [6, 6.07) is 15.9. The summed E-state index contributed by atoms with van der Waals surface area (Å²) in [4.78, 5) is 12.7. The maximum atomic E-state index is 15.0. The molecule has 0 unspecified atom stereocenters. The number of thiophene rings is 1. The predicted octanol–water partition coefficient (Wildman–Crippen LogP) is 7.10. The van der Waals surface area contributed by atoms with Gasteiger partial charge in [0, 0.05) is 10.9 Å². The van der Waals surface area contributed by atoms with Crippen LogP contribution in [0.1, 0.15) is 15.2 Å². The number of hydrogen-bond donors (Lipinski definition) is 0. The molecule has 0 aliphatic heterocycles. The van der Waals surface area contributed by atoms with Crippen molar-refractivity contribution in [2.24, 2.45) is 0 Å². The first-order valence-corrected chi connectivity index (χ1v) is 9.70. The highest BCUT2D eigenvalue weighted by atomic mass is 79.9. The molecule has 1 aromatic heterocycles. The Kier molecular flexibility index (Phi) is 4.95. The average Bonchev–Trinajstić information content (AvgIpc) is 3.17. The van der Waals surface area contributed by atoms with Crippen LogP contribution in [0.3, 0.4) is 0 Å². The number of ether oxygens (including phenoxy) is 1. The molecular weight excluding hydrogens is 453 g/mol. The van der Waals surface area contributed by atoms with Crippen LogP contribution in [0.5, 0.6) is 11.5 Å². The monoisotopic (exact) mass is 462 g/mol. The molecule has 7 heteroatoms. The summed E-state index contributed by atoms with van der Waals surface area (Å²) in [5, 5.41) is -0.293. The molecule has 0 saturated heterocycles. The van der Waals surface area contributed by atoms with Crippen LogP contribution in [0.15, 0.2) is 65.1 Å². The Morgan fingerprint density at radius 1 is 0.893 bits per heavy atom. The van der Waals surface area contributed by atoms with Crippen LogP contribution in [0.25, 0.3) is 10.1 Å². The third-order valence-electron chi connectivity index (χ3n) is 4.07. The number of halogens is 4. The quantitative estimate of drug-likeness (QED) is 0.238. The lowest BCUT2D eigenvalue weighted by atomic mass is 10.1. The molecule has 4 rings (SSSR count). The molecule has 0 N–H and O–H groups in total. The summed E-state index contributed by atoms with van der Waals surface area (Å²) in [5.74, 6) is -4.87. The molecule has 0 fully saturated rings. The fourth-order valence-electron chi connectivity index (χ4n) is 2.71. The van der Waals surface area contributed by atoms with Gasteiger partial charge in [0.25, 0.3) is 0 Å². The lowest BCUT2D eigenvalue weighted by Gasteiger charge is -2.10. The molecular formula is C21H10BrF3O2S. The van der Waals surface area contributed by atoms with Gasteiger partial charge in [0.2, 0.25) is 17.3 Å². The molecule has 4 aromatic rings. The molecule has 3 aromatic carbocycles. The van der Waals surface area contributed by atoms with Crippen LogP contribution in [-0.4, -0.2) is 5.78 Å². The first kappa shape index (κ1) is 18.7. The Labute approximate surface area is 170 Å². The van der Waals surface area contributed by atoms with Crippen molar-refractivity contribution in [2.45, 2.75) is 0 Å². The van der Waals surface area contributed by atoms with Gasteiger partial charge >= 0.3 is 0 Å². The van der Waals surface area contributed by atoms with Gasteiger partial charge in [-0.25, -0.2) is 8.78 Å². The van der Waals surface area contributed by atoms with Crippen molar-refractivity contribution in [3.05, 3.63) is 93.0 Å². The van der Waals surface area contributed by atoms with Crippen LogP contribution in [0.2, 0.25) is 0 Å². The molecule has 0 saturated carbocycles. The maximum absolute atomic E-state index is 15.0. The van der Waals surface area contributed by atoms with E-state index in [-0.39, 0.29) is 20.7 Å². The minimum atomic E-state index is -1.45. The van der Waals surface area contributed by atoms with Crippen molar-refractivity contribution < 1.29 is 22.7 Å². The first-order valence-electron chi connectivity index (χ1n) is 8.09. The van der Waals surface area contributed by atoms with E-state index in [4.69, 9.17) is 4.74 Å². The Morgan fingerprint density at radius 2 is 1.57 bits per heavy atom. The zero-order valence-corrected chi connectivity index (χ0v) is 16.4. The van der Waals surface area contributed by atoms with Gasteiger partial charge in [0.05, 0.1) is 14.0 Å². The van der Waals surface area contributed by atoms with Crippen molar-refractivity contribution in [3.8, 4) is 11.5 Å². The summed E-state index contributed by atoms with van der Waals surface area (Å²) in [6.45, 7) is 0. The Balaban J connectivity index is 1.84. The minimum Gasteiger partial charge on any atom is -0.450 e. The van der Waals surface area contributed by atoms with Crippen molar-refractivity contribution in [1.82, 2.24) is 0 Å². The summed E-state index contributed by atoms with van der Waals surface area (Å²) in [7, 11) is 0. The van der Waals surface area contributed by atoms with Gasteiger partial charge in [0.15, 0.2) is 11.6 Å². The van der Waals surface area contributed by atoms with Gasteiger partial charge in [-0.2, -0.15) is 4.39 Å². The van der Waals surface area contributed by atoms with Gasteiger partial charge < -0.3 is 4.74 Å². The fraction of sp³-hybridized carbons (Fsp3) is 0. The number of carbonyl (C=O) groups is 1. The number of fused-ring (bicyclic) bond motifs is 1. The normalized spacial score (nSPS) is 11.0. The van der Waals surface area contributed by atoms with E-state index in [0.717, 1.165) is 11.3 Å². The highest BCUT2D eigenvalue weighted by Gasteiger charge is 2.26. The van der Waals surface area contributed by atoms with E-state index in [1.54, 1.807) is 48.5 Å². The zero-order valence-electron chi connectivity index (χ0n) is 14.0. The highest BCUT2D eigenvalue weighted by molar-refractivity contribution is 9.10. The van der Waals surface area contributed by atoms with Crippen LogP contribution >= 0.6 is 27.3 Å². The summed E-state index contributed by atoms with van der Waals surface area (Å²) in [6.07, 6.45) is 0. The number of rotatable bonds is 4. The van der Waals surface area contributed by atoms with Gasteiger partial charge in [-0.3, -0.25) is 4.79 Å². The standard InChI is InChI=1S/C21H10BrF3O2S/c22-13-8-4-5-9-14(13)27-20-17(24)16(23)12-10-15(28-21(12)18(20)25)19(26)11-6-2-1-3-7-11/h1-10H. The molecule has 0 aliphatic rings. The van der Waals surface area contributed by atoms with E-state index in [1.165, 1.54) is 12.1 Å². The molecule has 0 amide bonds. The molecule has 1 heterocycles. The zero-order chi connectivity index (χ0) is 19.8. The Morgan fingerprint density at radius 3 is 2.29 bits per heavy atom. The number of para-hydroxylation sites is 1. The Hall–Kier alpha value is -2.64. The number of hydrogen-bond acceptors (Lipinski definition) is 3. The van der Waals surface area contributed by atoms with E-state index in [0.29, 0.717) is 10.0 Å². The van der Waals surface area contributed by atoms with E-state index in [1.807, 2.05) is 0 Å².